The van der Waals surface area contributed by atoms with Crippen molar-refractivity contribution >= 4 is 22.6 Å². The van der Waals surface area contributed by atoms with E-state index in [2.05, 4.69) is 12.2 Å². The molecule has 1 aromatic heterocycles. The molecule has 0 aliphatic carbocycles. The van der Waals surface area contributed by atoms with Crippen molar-refractivity contribution in [2.24, 2.45) is 0 Å². The van der Waals surface area contributed by atoms with Gasteiger partial charge in [-0.05, 0) is 48.4 Å². The van der Waals surface area contributed by atoms with E-state index in [9.17, 15) is 4.79 Å². The average Bonchev–Trinajstić information content (AvgIpc) is 3.28. The lowest BCUT2D eigenvalue weighted by molar-refractivity contribution is -0.123. The van der Waals surface area contributed by atoms with E-state index < -0.39 is 6.04 Å². The number of hydrogen-bond acceptors (Lipinski definition) is 5. The molecule has 7 heteroatoms. The molecule has 1 unspecified atom stereocenters. The first-order valence-electron chi connectivity index (χ1n) is 12.2. The number of para-hydroxylation sites is 2. The van der Waals surface area contributed by atoms with Crippen LogP contribution in [0.2, 0.25) is 0 Å². The van der Waals surface area contributed by atoms with Crippen molar-refractivity contribution < 1.29 is 14.3 Å². The van der Waals surface area contributed by atoms with E-state index in [0.29, 0.717) is 23.9 Å². The van der Waals surface area contributed by atoms with Gasteiger partial charge >= 0.3 is 0 Å². The van der Waals surface area contributed by atoms with E-state index in [1.165, 1.54) is 0 Å². The summed E-state index contributed by atoms with van der Waals surface area (Å²) in [6.07, 6.45) is 1.92. The van der Waals surface area contributed by atoms with E-state index >= 15 is 0 Å². The molecule has 1 amide bonds. The summed E-state index contributed by atoms with van der Waals surface area (Å²) in [6, 6.07) is 21.0. The van der Waals surface area contributed by atoms with Crippen LogP contribution < -0.4 is 19.7 Å². The number of imidazole rings is 1. The molecule has 0 bridgehead atoms. The molecule has 0 aliphatic heterocycles. The number of hydrogen-bond donors (Lipinski definition) is 1. The van der Waals surface area contributed by atoms with Gasteiger partial charge in [0.05, 0.1) is 30.8 Å². The van der Waals surface area contributed by atoms with Gasteiger partial charge < -0.3 is 24.3 Å². The predicted octanol–water partition coefficient (Wildman–Crippen LogP) is 5.29. The molecule has 0 fully saturated rings. The summed E-state index contributed by atoms with van der Waals surface area (Å²) < 4.78 is 13.1. The number of fused-ring (bicyclic) bond motifs is 1. The number of nitrogens with one attached hydrogen (secondary N) is 1. The second-order valence-corrected chi connectivity index (χ2v) is 8.89. The number of benzene rings is 3. The van der Waals surface area contributed by atoms with Crippen molar-refractivity contribution in [2.75, 3.05) is 39.8 Å². The van der Waals surface area contributed by atoms with Crippen LogP contribution in [0.25, 0.3) is 22.4 Å². The Balaban J connectivity index is 1.95. The van der Waals surface area contributed by atoms with E-state index in [0.717, 1.165) is 40.7 Å². The van der Waals surface area contributed by atoms with Crippen molar-refractivity contribution in [1.29, 1.82) is 0 Å². The minimum absolute atomic E-state index is 0.0714. The van der Waals surface area contributed by atoms with E-state index in [-0.39, 0.29) is 5.91 Å². The van der Waals surface area contributed by atoms with Gasteiger partial charge in [0.1, 0.15) is 23.4 Å². The number of amides is 1. The molecule has 1 atom stereocenters. The lowest BCUT2D eigenvalue weighted by atomic mass is 10.0. The maximum atomic E-state index is 13.8. The molecular weight excluding hydrogens is 452 g/mol. The zero-order chi connectivity index (χ0) is 25.7. The Morgan fingerprint density at radius 2 is 1.78 bits per heavy atom. The molecule has 0 radical (unpaired) electrons. The third kappa shape index (κ3) is 5.00. The van der Waals surface area contributed by atoms with Gasteiger partial charge in [0.2, 0.25) is 5.91 Å². The number of aromatic nitrogens is 2. The Morgan fingerprint density at radius 3 is 2.44 bits per heavy atom. The zero-order valence-corrected chi connectivity index (χ0v) is 21.6. The van der Waals surface area contributed by atoms with E-state index in [1.54, 1.807) is 14.2 Å². The van der Waals surface area contributed by atoms with Gasteiger partial charge in [-0.2, -0.15) is 0 Å². The van der Waals surface area contributed by atoms with Crippen LogP contribution in [-0.2, 0) is 4.79 Å². The molecule has 0 spiro atoms. The number of carbonyl (C=O) groups is 1. The number of methoxy groups -OCH3 is 2. The first-order chi connectivity index (χ1) is 17.5. The summed E-state index contributed by atoms with van der Waals surface area (Å²) >= 11 is 0. The normalized spacial score (nSPS) is 11.8. The first-order valence-corrected chi connectivity index (χ1v) is 12.2. The van der Waals surface area contributed by atoms with E-state index in [1.807, 2.05) is 90.3 Å². The maximum Gasteiger partial charge on any atom is 0.247 e. The molecular formula is C29H34N4O3. The Morgan fingerprint density at radius 1 is 1.03 bits per heavy atom. The number of unbranched alkanes of at least 4 members (excludes halogenated alkanes) is 1. The summed E-state index contributed by atoms with van der Waals surface area (Å²) in [4.78, 5) is 20.8. The fourth-order valence-electron chi connectivity index (χ4n) is 4.34. The van der Waals surface area contributed by atoms with Gasteiger partial charge in [-0.25, -0.2) is 4.98 Å². The highest BCUT2D eigenvalue weighted by Gasteiger charge is 2.29. The van der Waals surface area contributed by atoms with Gasteiger partial charge in [0.25, 0.3) is 0 Å². The topological polar surface area (TPSA) is 68.6 Å². The fraction of sp³-hybridized carbons (Fsp3) is 0.310. The zero-order valence-electron chi connectivity index (χ0n) is 21.6. The quantitative estimate of drug-likeness (QED) is 0.309. The molecule has 188 valence electrons. The van der Waals surface area contributed by atoms with Crippen molar-refractivity contribution in [3.63, 3.8) is 0 Å². The molecule has 7 nitrogen and oxygen atoms in total. The second kappa shape index (κ2) is 11.2. The molecule has 0 aliphatic rings. The third-order valence-corrected chi connectivity index (χ3v) is 6.31. The van der Waals surface area contributed by atoms with Crippen molar-refractivity contribution in [2.45, 2.75) is 25.8 Å². The molecule has 4 rings (SSSR count). The largest absolute Gasteiger partial charge is 0.497 e. The molecule has 36 heavy (non-hydrogen) atoms. The predicted molar refractivity (Wildman–Crippen MR) is 145 cm³/mol. The Kier molecular flexibility index (Phi) is 7.78. The molecule has 0 saturated carbocycles. The van der Waals surface area contributed by atoms with Gasteiger partial charge in [-0.15, -0.1) is 0 Å². The second-order valence-electron chi connectivity index (χ2n) is 8.89. The van der Waals surface area contributed by atoms with Crippen LogP contribution in [0.5, 0.6) is 11.5 Å². The fourth-order valence-corrected chi connectivity index (χ4v) is 4.34. The molecule has 1 N–H and O–H groups in total. The van der Waals surface area contributed by atoms with Crippen LogP contribution in [0.15, 0.2) is 66.7 Å². The average molecular weight is 487 g/mol. The number of anilines is 1. The summed E-state index contributed by atoms with van der Waals surface area (Å²) in [5.74, 6) is 1.89. The Labute approximate surface area is 212 Å². The minimum atomic E-state index is -0.618. The Bertz CT molecular complexity index is 1330. The van der Waals surface area contributed by atoms with Crippen molar-refractivity contribution in [3.05, 3.63) is 72.3 Å². The molecule has 0 saturated heterocycles. The first kappa shape index (κ1) is 25.1. The number of carbonyl (C=O) groups excluding carboxylic acids is 1. The monoisotopic (exact) mass is 486 g/mol. The summed E-state index contributed by atoms with van der Waals surface area (Å²) in [7, 11) is 7.25. The lowest BCUT2D eigenvalue weighted by Crippen LogP contribution is -2.34. The third-order valence-electron chi connectivity index (χ3n) is 6.31. The van der Waals surface area contributed by atoms with Crippen LogP contribution in [0, 0.1) is 0 Å². The lowest BCUT2D eigenvalue weighted by Gasteiger charge is -2.23. The summed E-state index contributed by atoms with van der Waals surface area (Å²) in [5.41, 5.74) is 4.41. The maximum absolute atomic E-state index is 13.8. The SMILES string of the molecule is CCCCNC(=O)C(c1ccc(N(C)C)cc1)n1c(-c2ccc(OC)cc2OC)nc2ccccc21. The molecule has 1 heterocycles. The van der Waals surface area contributed by atoms with E-state index in [4.69, 9.17) is 14.5 Å². The van der Waals surface area contributed by atoms with Crippen LogP contribution in [-0.4, -0.2) is 50.3 Å². The van der Waals surface area contributed by atoms with Gasteiger partial charge in [0, 0.05) is 32.4 Å². The summed E-state index contributed by atoms with van der Waals surface area (Å²) in [5, 5.41) is 3.15. The van der Waals surface area contributed by atoms with Gasteiger partial charge in [-0.1, -0.05) is 37.6 Å². The summed E-state index contributed by atoms with van der Waals surface area (Å²) in [6.45, 7) is 2.73. The molecule has 3 aromatic carbocycles. The highest BCUT2D eigenvalue weighted by Crippen LogP contribution is 2.38. The Hall–Kier alpha value is -4.00. The minimum Gasteiger partial charge on any atom is -0.497 e. The van der Waals surface area contributed by atoms with Crippen LogP contribution >= 0.6 is 0 Å². The van der Waals surface area contributed by atoms with Crippen LogP contribution in [0.4, 0.5) is 5.69 Å². The van der Waals surface area contributed by atoms with Gasteiger partial charge in [0.15, 0.2) is 0 Å². The van der Waals surface area contributed by atoms with Crippen LogP contribution in [0.1, 0.15) is 31.4 Å². The number of rotatable bonds is 10. The number of nitrogens with zero attached hydrogens (tertiary/aromatic N) is 3. The van der Waals surface area contributed by atoms with Crippen molar-refractivity contribution in [3.8, 4) is 22.9 Å². The van der Waals surface area contributed by atoms with Crippen LogP contribution in [0.3, 0.4) is 0 Å². The highest BCUT2D eigenvalue weighted by molar-refractivity contribution is 5.90. The highest BCUT2D eigenvalue weighted by atomic mass is 16.5. The molecule has 4 aromatic rings. The number of ether oxygens (including phenoxy) is 2. The standard InChI is InChI=1S/C29H34N4O3/c1-6-7-18-30-29(34)27(20-12-14-21(15-13-20)32(2)3)33-25-11-9-8-10-24(25)31-28(33)23-17-16-22(35-4)19-26(23)36-5/h8-17,19,27H,6-7,18H2,1-5H3,(H,30,34). The smallest absolute Gasteiger partial charge is 0.247 e. The van der Waals surface area contributed by atoms with Gasteiger partial charge in [-0.3, -0.25) is 4.79 Å². The van der Waals surface area contributed by atoms with Crippen molar-refractivity contribution in [1.82, 2.24) is 14.9 Å².